The molecule has 11 heteroatoms. The van der Waals surface area contributed by atoms with Crippen LogP contribution in [0.5, 0.6) is 5.75 Å². The fourth-order valence-corrected chi connectivity index (χ4v) is 5.69. The second kappa shape index (κ2) is 9.18. The summed E-state index contributed by atoms with van der Waals surface area (Å²) in [6.07, 6.45) is 0. The van der Waals surface area contributed by atoms with Crippen molar-refractivity contribution in [2.75, 3.05) is 11.8 Å². The number of hydrogen-bond donors (Lipinski definition) is 1. The van der Waals surface area contributed by atoms with Crippen molar-refractivity contribution < 1.29 is 17.9 Å². The Morgan fingerprint density at radius 2 is 1.82 bits per heavy atom. The number of aryl methyl sites for hydroxylation is 1. The molecule has 1 heterocycles. The van der Waals surface area contributed by atoms with Gasteiger partial charge in [0.1, 0.15) is 5.75 Å². The summed E-state index contributed by atoms with van der Waals surface area (Å²) < 4.78 is 35.4. The quantitative estimate of drug-likeness (QED) is 0.395. The van der Waals surface area contributed by atoms with Gasteiger partial charge < -0.3 is 9.30 Å². The van der Waals surface area contributed by atoms with Gasteiger partial charge in [0.05, 0.1) is 32.3 Å². The molecule has 4 aromatic rings. The Morgan fingerprint density at radius 3 is 2.52 bits per heavy atom. The van der Waals surface area contributed by atoms with Crippen molar-refractivity contribution >= 4 is 66.4 Å². The van der Waals surface area contributed by atoms with Crippen LogP contribution in [0, 0.1) is 0 Å². The van der Waals surface area contributed by atoms with Gasteiger partial charge in [-0.3, -0.25) is 9.52 Å². The third-order valence-electron chi connectivity index (χ3n) is 4.78. The largest absolute Gasteiger partial charge is 0.497 e. The number of hydrogen-bond acceptors (Lipinski definition) is 5. The Labute approximate surface area is 203 Å². The van der Waals surface area contributed by atoms with Gasteiger partial charge in [-0.15, -0.1) is 0 Å². The van der Waals surface area contributed by atoms with E-state index in [-0.39, 0.29) is 16.1 Å². The molecular formula is C22H17Cl2N3O4S2. The zero-order valence-corrected chi connectivity index (χ0v) is 20.5. The third-order valence-corrected chi connectivity index (χ3v) is 8.07. The predicted molar refractivity (Wildman–Crippen MR) is 131 cm³/mol. The average Bonchev–Trinajstić information content (AvgIpc) is 3.12. The number of aromatic nitrogens is 1. The lowest BCUT2D eigenvalue weighted by atomic mass is 10.2. The Morgan fingerprint density at radius 1 is 1.09 bits per heavy atom. The van der Waals surface area contributed by atoms with Crippen LogP contribution in [0.15, 0.2) is 70.6 Å². The number of benzene rings is 3. The predicted octanol–water partition coefficient (Wildman–Crippen LogP) is 5.10. The van der Waals surface area contributed by atoms with Gasteiger partial charge in [0.25, 0.3) is 15.9 Å². The molecule has 170 valence electrons. The molecule has 0 radical (unpaired) electrons. The van der Waals surface area contributed by atoms with Crippen LogP contribution in [0.4, 0.5) is 5.69 Å². The summed E-state index contributed by atoms with van der Waals surface area (Å²) in [6, 6.07) is 15.6. The van der Waals surface area contributed by atoms with Gasteiger partial charge in [0, 0.05) is 18.3 Å². The second-order valence-electron chi connectivity index (χ2n) is 6.93. The zero-order valence-electron chi connectivity index (χ0n) is 17.4. The van der Waals surface area contributed by atoms with Gasteiger partial charge in [-0.1, -0.05) is 40.6 Å². The van der Waals surface area contributed by atoms with E-state index in [2.05, 4.69) is 9.71 Å². The highest BCUT2D eigenvalue weighted by molar-refractivity contribution is 7.92. The minimum Gasteiger partial charge on any atom is -0.497 e. The molecule has 7 nitrogen and oxygen atoms in total. The summed E-state index contributed by atoms with van der Waals surface area (Å²) in [6.45, 7) is 0. The summed E-state index contributed by atoms with van der Waals surface area (Å²) in [7, 11) is -0.609. The van der Waals surface area contributed by atoms with Crippen LogP contribution >= 0.6 is 34.5 Å². The van der Waals surface area contributed by atoms with Gasteiger partial charge >= 0.3 is 0 Å². The lowest BCUT2D eigenvalue weighted by Gasteiger charge is -2.09. The van der Waals surface area contributed by atoms with E-state index in [9.17, 15) is 13.2 Å². The number of ether oxygens (including phenoxy) is 1. The van der Waals surface area contributed by atoms with Crippen molar-refractivity contribution in [3.8, 4) is 5.75 Å². The Kier molecular flexibility index (Phi) is 6.49. The monoisotopic (exact) mass is 521 g/mol. The molecule has 0 aliphatic heterocycles. The standard InChI is InChI=1S/C22H17Cl2N3O4S2/c1-27-20-18(11-10-17(23)19(20)24)32-22(27)25-21(28)13-4-3-5-14(12-13)26-33(29,30)16-8-6-15(31-2)7-9-16/h3-12,26H,1-2H3. The zero-order chi connectivity index (χ0) is 23.8. The minimum atomic E-state index is -3.85. The number of methoxy groups -OCH3 is 1. The summed E-state index contributed by atoms with van der Waals surface area (Å²) in [5.74, 6) is 0.0194. The van der Waals surface area contributed by atoms with Gasteiger partial charge in [0.15, 0.2) is 4.80 Å². The topological polar surface area (TPSA) is 89.8 Å². The maximum atomic E-state index is 12.8. The van der Waals surface area contributed by atoms with E-state index in [1.807, 2.05) is 6.07 Å². The Bertz CT molecular complexity index is 1540. The second-order valence-corrected chi connectivity index (χ2v) is 10.4. The third kappa shape index (κ3) is 4.77. The molecule has 1 aromatic heterocycles. The van der Waals surface area contributed by atoms with E-state index in [1.165, 1.54) is 36.6 Å². The first-order valence-corrected chi connectivity index (χ1v) is 12.5. The van der Waals surface area contributed by atoms with E-state index in [0.717, 1.165) is 4.70 Å². The lowest BCUT2D eigenvalue weighted by Crippen LogP contribution is -2.15. The fraction of sp³-hybridized carbons (Fsp3) is 0.0909. The van der Waals surface area contributed by atoms with Crippen molar-refractivity contribution in [3.05, 3.63) is 81.1 Å². The number of anilines is 1. The molecule has 1 N–H and O–H groups in total. The Balaban J connectivity index is 1.64. The maximum Gasteiger partial charge on any atom is 0.279 e. The minimum absolute atomic E-state index is 0.0672. The lowest BCUT2D eigenvalue weighted by molar-refractivity contribution is 0.0998. The van der Waals surface area contributed by atoms with Gasteiger partial charge in [-0.05, 0) is 54.6 Å². The van der Waals surface area contributed by atoms with Gasteiger partial charge in [0.2, 0.25) is 0 Å². The number of thiazole rings is 1. The van der Waals surface area contributed by atoms with E-state index < -0.39 is 15.9 Å². The summed E-state index contributed by atoms with van der Waals surface area (Å²) >= 11 is 13.7. The fourth-order valence-electron chi connectivity index (χ4n) is 3.11. The molecule has 0 saturated carbocycles. The highest BCUT2D eigenvalue weighted by Gasteiger charge is 2.16. The van der Waals surface area contributed by atoms with E-state index in [4.69, 9.17) is 27.9 Å². The number of amides is 1. The number of carbonyl (C=O) groups is 1. The molecule has 0 atom stereocenters. The smallest absolute Gasteiger partial charge is 0.279 e. The number of fused-ring (bicyclic) bond motifs is 1. The summed E-state index contributed by atoms with van der Waals surface area (Å²) in [4.78, 5) is 17.5. The molecule has 4 rings (SSSR count). The van der Waals surface area contributed by atoms with Crippen molar-refractivity contribution in [1.82, 2.24) is 4.57 Å². The summed E-state index contributed by atoms with van der Waals surface area (Å²) in [5.41, 5.74) is 1.15. The number of carbonyl (C=O) groups excluding carboxylic acids is 1. The van der Waals surface area contributed by atoms with E-state index >= 15 is 0 Å². The van der Waals surface area contributed by atoms with Crippen molar-refractivity contribution in [1.29, 1.82) is 0 Å². The molecule has 0 aliphatic carbocycles. The molecule has 0 aliphatic rings. The molecule has 1 amide bonds. The van der Waals surface area contributed by atoms with Crippen LogP contribution in [-0.2, 0) is 17.1 Å². The van der Waals surface area contributed by atoms with Gasteiger partial charge in [-0.2, -0.15) is 4.99 Å². The molecule has 3 aromatic carbocycles. The first kappa shape index (κ1) is 23.3. The first-order valence-electron chi connectivity index (χ1n) is 9.49. The number of sulfonamides is 1. The van der Waals surface area contributed by atoms with E-state index in [0.29, 0.717) is 26.1 Å². The maximum absolute atomic E-state index is 12.8. The van der Waals surface area contributed by atoms with E-state index in [1.54, 1.807) is 48.0 Å². The van der Waals surface area contributed by atoms with Gasteiger partial charge in [-0.25, -0.2) is 8.42 Å². The average molecular weight is 522 g/mol. The molecule has 0 bridgehead atoms. The van der Waals surface area contributed by atoms with Crippen molar-refractivity contribution in [2.24, 2.45) is 12.0 Å². The highest BCUT2D eigenvalue weighted by atomic mass is 35.5. The molecule has 0 fully saturated rings. The van der Waals surface area contributed by atoms with Crippen LogP contribution < -0.4 is 14.3 Å². The number of nitrogens with zero attached hydrogens (tertiary/aromatic N) is 2. The van der Waals surface area contributed by atoms with Crippen LogP contribution in [-0.4, -0.2) is 26.0 Å². The number of halogens is 2. The van der Waals surface area contributed by atoms with Crippen molar-refractivity contribution in [2.45, 2.75) is 4.90 Å². The number of nitrogens with one attached hydrogen (secondary N) is 1. The van der Waals surface area contributed by atoms with Crippen LogP contribution in [0.1, 0.15) is 10.4 Å². The molecule has 0 spiro atoms. The highest BCUT2D eigenvalue weighted by Crippen LogP contribution is 2.31. The molecule has 0 unspecified atom stereocenters. The Hall–Kier alpha value is -2.85. The normalized spacial score (nSPS) is 12.2. The van der Waals surface area contributed by atoms with Crippen LogP contribution in [0.25, 0.3) is 10.2 Å². The summed E-state index contributed by atoms with van der Waals surface area (Å²) in [5, 5.41) is 0.795. The molecule has 0 saturated heterocycles. The van der Waals surface area contributed by atoms with Crippen LogP contribution in [0.3, 0.4) is 0 Å². The number of rotatable bonds is 5. The van der Waals surface area contributed by atoms with Crippen molar-refractivity contribution in [3.63, 3.8) is 0 Å². The first-order chi connectivity index (χ1) is 15.7. The SMILES string of the molecule is COc1ccc(S(=O)(=O)Nc2cccc(C(=O)N=c3sc4ccc(Cl)c(Cl)c4n3C)c2)cc1. The van der Waals surface area contributed by atoms with Crippen LogP contribution in [0.2, 0.25) is 10.0 Å². The molecular weight excluding hydrogens is 505 g/mol. The molecule has 33 heavy (non-hydrogen) atoms.